The quantitative estimate of drug-likeness (QED) is 0.893. The molecule has 1 aromatic carbocycles. The van der Waals surface area contributed by atoms with Crippen LogP contribution in [0.25, 0.3) is 0 Å². The van der Waals surface area contributed by atoms with Gasteiger partial charge in [-0.25, -0.2) is 4.98 Å². The number of anilines is 1. The van der Waals surface area contributed by atoms with Gasteiger partial charge in [-0.1, -0.05) is 37.3 Å². The fourth-order valence-electron chi connectivity index (χ4n) is 3.30. The molecule has 1 fully saturated rings. The summed E-state index contributed by atoms with van der Waals surface area (Å²) in [6.45, 7) is 4.60. The number of nitrogens with two attached hydrogens (primary N) is 1. The number of hydrogen-bond donors (Lipinski definition) is 1. The first-order valence-electron chi connectivity index (χ1n) is 8.88. The topological polar surface area (TPSA) is 79.5 Å². The van der Waals surface area contributed by atoms with Gasteiger partial charge in [-0.3, -0.25) is 9.59 Å². The molecule has 1 atom stereocenters. The maximum atomic E-state index is 12.6. The van der Waals surface area contributed by atoms with Crippen LogP contribution in [0.15, 0.2) is 48.7 Å². The summed E-state index contributed by atoms with van der Waals surface area (Å²) in [6.07, 6.45) is 2.15. The smallest absolute Gasteiger partial charge is 0.252 e. The number of aromatic nitrogens is 1. The highest BCUT2D eigenvalue weighted by Crippen LogP contribution is 2.22. The first kappa shape index (κ1) is 17.9. The largest absolute Gasteiger partial charge is 0.365 e. The molecule has 2 N–H and O–H groups in total. The van der Waals surface area contributed by atoms with Crippen LogP contribution in [0.5, 0.6) is 0 Å². The lowest BCUT2D eigenvalue weighted by Gasteiger charge is -2.36. The van der Waals surface area contributed by atoms with E-state index >= 15 is 0 Å². The first-order chi connectivity index (χ1) is 12.6. The molecule has 0 spiro atoms. The summed E-state index contributed by atoms with van der Waals surface area (Å²) in [7, 11) is 0. The normalized spacial score (nSPS) is 15.6. The molecule has 1 aliphatic rings. The highest BCUT2D eigenvalue weighted by atomic mass is 16.2. The second-order valence-corrected chi connectivity index (χ2v) is 6.62. The summed E-state index contributed by atoms with van der Waals surface area (Å²) in [4.78, 5) is 32.4. The third-order valence-electron chi connectivity index (χ3n) is 4.83. The number of carbonyl (C=O) groups excluding carboxylic acids is 2. The highest BCUT2D eigenvalue weighted by Gasteiger charge is 2.25. The molecule has 0 unspecified atom stereocenters. The van der Waals surface area contributed by atoms with Gasteiger partial charge >= 0.3 is 0 Å². The number of carbonyl (C=O) groups is 2. The summed E-state index contributed by atoms with van der Waals surface area (Å²) in [6, 6.07) is 13.5. The van der Waals surface area contributed by atoms with E-state index in [4.69, 9.17) is 5.73 Å². The maximum absolute atomic E-state index is 12.6. The molecular weight excluding hydrogens is 328 g/mol. The molecule has 0 aliphatic carbocycles. The molecule has 1 aromatic heterocycles. The van der Waals surface area contributed by atoms with Gasteiger partial charge in [0.15, 0.2) is 0 Å². The Morgan fingerprint density at radius 3 is 2.42 bits per heavy atom. The van der Waals surface area contributed by atoms with Crippen molar-refractivity contribution in [1.29, 1.82) is 0 Å². The zero-order valence-electron chi connectivity index (χ0n) is 15.0. The van der Waals surface area contributed by atoms with E-state index in [1.165, 1.54) is 5.56 Å². The minimum absolute atomic E-state index is 0.164. The van der Waals surface area contributed by atoms with Crippen molar-refractivity contribution >= 4 is 17.6 Å². The third-order valence-corrected chi connectivity index (χ3v) is 4.83. The molecule has 6 nitrogen and oxygen atoms in total. The summed E-state index contributed by atoms with van der Waals surface area (Å²) in [5, 5.41) is 0. The molecule has 3 rings (SSSR count). The van der Waals surface area contributed by atoms with E-state index in [0.29, 0.717) is 44.0 Å². The number of benzene rings is 1. The van der Waals surface area contributed by atoms with E-state index in [2.05, 4.69) is 24.0 Å². The van der Waals surface area contributed by atoms with Crippen molar-refractivity contribution in [2.24, 2.45) is 5.73 Å². The van der Waals surface area contributed by atoms with Gasteiger partial charge in [0, 0.05) is 38.8 Å². The van der Waals surface area contributed by atoms with Gasteiger partial charge in [0.05, 0.1) is 5.56 Å². The monoisotopic (exact) mass is 352 g/mol. The Balaban J connectivity index is 1.58. The number of piperazine rings is 1. The van der Waals surface area contributed by atoms with Gasteiger partial charge in [0.25, 0.3) is 5.91 Å². The average molecular weight is 352 g/mol. The minimum atomic E-state index is -0.483. The molecule has 2 heterocycles. The third kappa shape index (κ3) is 4.02. The second kappa shape index (κ2) is 7.99. The summed E-state index contributed by atoms with van der Waals surface area (Å²) >= 11 is 0. The Morgan fingerprint density at radius 2 is 1.77 bits per heavy atom. The van der Waals surface area contributed by atoms with Crippen LogP contribution in [0.3, 0.4) is 0 Å². The van der Waals surface area contributed by atoms with E-state index in [1.54, 1.807) is 18.3 Å². The van der Waals surface area contributed by atoms with Crippen LogP contribution < -0.4 is 10.6 Å². The number of pyridine rings is 1. The lowest BCUT2D eigenvalue weighted by Crippen LogP contribution is -2.49. The van der Waals surface area contributed by atoms with Gasteiger partial charge in [-0.15, -0.1) is 0 Å². The molecule has 136 valence electrons. The lowest BCUT2D eigenvalue weighted by molar-refractivity contribution is -0.131. The molecule has 6 heteroatoms. The van der Waals surface area contributed by atoms with Crippen molar-refractivity contribution in [2.45, 2.75) is 19.3 Å². The van der Waals surface area contributed by atoms with Crippen molar-refractivity contribution < 1.29 is 9.59 Å². The lowest BCUT2D eigenvalue weighted by atomic mass is 9.97. The standard InChI is InChI=1S/C20H24N4O2/c1-15(16-6-3-2-4-7-16)14-18(25)23-10-12-24(13-11-23)20-17(19(21)26)8-5-9-22-20/h2-9,15H,10-14H2,1H3,(H2,21,26)/t15-/m1/s1. The summed E-state index contributed by atoms with van der Waals surface area (Å²) in [5.74, 6) is 0.476. The van der Waals surface area contributed by atoms with E-state index in [9.17, 15) is 9.59 Å². The Hall–Kier alpha value is -2.89. The minimum Gasteiger partial charge on any atom is -0.365 e. The predicted octanol–water partition coefficient (Wildman–Crippen LogP) is 2.02. The average Bonchev–Trinajstić information content (AvgIpc) is 2.68. The summed E-state index contributed by atoms with van der Waals surface area (Å²) in [5.41, 5.74) is 7.04. The molecule has 1 saturated heterocycles. The van der Waals surface area contributed by atoms with Crippen molar-refractivity contribution in [3.05, 3.63) is 59.8 Å². The summed E-state index contributed by atoms with van der Waals surface area (Å²) < 4.78 is 0. The van der Waals surface area contributed by atoms with Crippen LogP contribution in [0.1, 0.15) is 35.2 Å². The molecule has 0 radical (unpaired) electrons. The number of amides is 2. The second-order valence-electron chi connectivity index (χ2n) is 6.62. The Kier molecular flexibility index (Phi) is 5.51. The Labute approximate surface area is 153 Å². The fraction of sp³-hybridized carbons (Fsp3) is 0.350. The van der Waals surface area contributed by atoms with E-state index in [1.807, 2.05) is 28.0 Å². The van der Waals surface area contributed by atoms with Crippen LogP contribution in [-0.4, -0.2) is 47.9 Å². The number of nitrogens with zero attached hydrogens (tertiary/aromatic N) is 3. The fourth-order valence-corrected chi connectivity index (χ4v) is 3.30. The number of rotatable bonds is 5. The van der Waals surface area contributed by atoms with Gasteiger partial charge in [-0.2, -0.15) is 0 Å². The molecule has 2 amide bonds. The van der Waals surface area contributed by atoms with E-state index in [-0.39, 0.29) is 11.8 Å². The zero-order chi connectivity index (χ0) is 18.5. The van der Waals surface area contributed by atoms with Crippen molar-refractivity contribution in [3.63, 3.8) is 0 Å². The number of primary amides is 1. The van der Waals surface area contributed by atoms with E-state index in [0.717, 1.165) is 0 Å². The van der Waals surface area contributed by atoms with Crippen LogP contribution in [0.2, 0.25) is 0 Å². The van der Waals surface area contributed by atoms with Gasteiger partial charge in [0.2, 0.25) is 5.91 Å². The molecule has 0 saturated carbocycles. The maximum Gasteiger partial charge on any atom is 0.252 e. The Bertz CT molecular complexity index is 770. The van der Waals surface area contributed by atoms with Gasteiger partial charge in [-0.05, 0) is 23.6 Å². The van der Waals surface area contributed by atoms with Gasteiger partial charge in [0.1, 0.15) is 5.82 Å². The van der Waals surface area contributed by atoms with Gasteiger partial charge < -0.3 is 15.5 Å². The van der Waals surface area contributed by atoms with Crippen molar-refractivity contribution in [3.8, 4) is 0 Å². The Morgan fingerprint density at radius 1 is 1.08 bits per heavy atom. The van der Waals surface area contributed by atoms with Crippen molar-refractivity contribution in [1.82, 2.24) is 9.88 Å². The molecule has 2 aromatic rings. The molecule has 0 bridgehead atoms. The highest BCUT2D eigenvalue weighted by molar-refractivity contribution is 5.97. The van der Waals surface area contributed by atoms with Crippen LogP contribution in [0.4, 0.5) is 5.82 Å². The van der Waals surface area contributed by atoms with Crippen LogP contribution in [0, 0.1) is 0 Å². The molecule has 26 heavy (non-hydrogen) atoms. The van der Waals surface area contributed by atoms with Crippen molar-refractivity contribution in [2.75, 3.05) is 31.1 Å². The van der Waals surface area contributed by atoms with E-state index < -0.39 is 5.91 Å². The SMILES string of the molecule is C[C@H](CC(=O)N1CCN(c2ncccc2C(N)=O)CC1)c1ccccc1. The first-order valence-corrected chi connectivity index (χ1v) is 8.88. The van der Waals surface area contributed by atoms with Crippen LogP contribution in [-0.2, 0) is 4.79 Å². The zero-order valence-corrected chi connectivity index (χ0v) is 15.0. The molecule has 1 aliphatic heterocycles. The number of hydrogen-bond acceptors (Lipinski definition) is 4. The molecular formula is C20H24N4O2. The predicted molar refractivity (Wildman–Crippen MR) is 101 cm³/mol. The van der Waals surface area contributed by atoms with Crippen LogP contribution >= 0.6 is 0 Å².